The largest absolute Gasteiger partial charge is 0.506 e. The molecule has 1 aliphatic rings. The molecule has 2 aromatic rings. The third-order valence-electron chi connectivity index (χ3n) is 3.82. The Morgan fingerprint density at radius 2 is 2.09 bits per heavy atom. The summed E-state index contributed by atoms with van der Waals surface area (Å²) in [4.78, 5) is 16.1. The molecular weight excluding hydrogens is 321 g/mol. The summed E-state index contributed by atoms with van der Waals surface area (Å²) in [7, 11) is 0. The van der Waals surface area contributed by atoms with Crippen LogP contribution in [0.15, 0.2) is 41.4 Å². The maximum absolute atomic E-state index is 12.1. The second-order valence-corrected chi connectivity index (χ2v) is 6.05. The van der Waals surface area contributed by atoms with Gasteiger partial charge in [0.1, 0.15) is 5.75 Å². The van der Waals surface area contributed by atoms with Gasteiger partial charge in [-0.1, -0.05) is 35.3 Å². The van der Waals surface area contributed by atoms with E-state index in [2.05, 4.69) is 4.99 Å². The summed E-state index contributed by atoms with van der Waals surface area (Å²) in [6.45, 7) is 0. The highest BCUT2D eigenvalue weighted by atomic mass is 35.5. The van der Waals surface area contributed by atoms with Crippen LogP contribution in [0.1, 0.15) is 33.8 Å². The lowest BCUT2D eigenvalue weighted by Gasteiger charge is -2.06. The van der Waals surface area contributed by atoms with E-state index in [1.807, 2.05) is 18.2 Å². The van der Waals surface area contributed by atoms with Gasteiger partial charge in [0.15, 0.2) is 0 Å². The van der Waals surface area contributed by atoms with Crippen LogP contribution in [0.2, 0.25) is 10.0 Å². The highest BCUT2D eigenvalue weighted by Gasteiger charge is 2.21. The van der Waals surface area contributed by atoms with E-state index in [-0.39, 0.29) is 22.3 Å². The van der Waals surface area contributed by atoms with Crippen molar-refractivity contribution in [2.24, 2.45) is 4.99 Å². The van der Waals surface area contributed by atoms with Crippen LogP contribution in [-0.4, -0.2) is 17.2 Å². The van der Waals surface area contributed by atoms with E-state index in [1.165, 1.54) is 17.7 Å². The quantitative estimate of drug-likeness (QED) is 0.814. The molecule has 1 atom stereocenters. The Bertz CT molecular complexity index is 771. The first-order chi connectivity index (χ1) is 10.6. The number of benzene rings is 2. The van der Waals surface area contributed by atoms with Gasteiger partial charge in [0.2, 0.25) is 0 Å². The average Bonchev–Trinajstić information content (AvgIpc) is 2.89. The Morgan fingerprint density at radius 1 is 1.27 bits per heavy atom. The number of aryl methyl sites for hydroxylation is 1. The number of rotatable bonds is 2. The summed E-state index contributed by atoms with van der Waals surface area (Å²) in [5.74, 6) is -0.634. The van der Waals surface area contributed by atoms with E-state index in [9.17, 15) is 9.90 Å². The van der Waals surface area contributed by atoms with Crippen molar-refractivity contribution in [3.05, 3.63) is 63.1 Å². The van der Waals surface area contributed by atoms with Gasteiger partial charge < -0.3 is 5.11 Å². The molecule has 2 aromatic carbocycles. The zero-order valence-corrected chi connectivity index (χ0v) is 13.1. The molecule has 3 rings (SSSR count). The highest BCUT2D eigenvalue weighted by Crippen LogP contribution is 2.34. The second kappa shape index (κ2) is 6.11. The third-order valence-corrected chi connectivity index (χ3v) is 4.36. The first kappa shape index (κ1) is 15.1. The second-order valence-electron chi connectivity index (χ2n) is 5.21. The molecule has 0 radical (unpaired) electrons. The Morgan fingerprint density at radius 3 is 2.91 bits per heavy atom. The number of carbonyl (C=O) groups is 1. The van der Waals surface area contributed by atoms with E-state index in [0.717, 1.165) is 23.4 Å². The van der Waals surface area contributed by atoms with Crippen molar-refractivity contribution in [2.45, 2.75) is 18.8 Å². The van der Waals surface area contributed by atoms with Crippen molar-refractivity contribution in [2.75, 3.05) is 0 Å². The van der Waals surface area contributed by atoms with Crippen LogP contribution in [0, 0.1) is 0 Å². The lowest BCUT2D eigenvalue weighted by Crippen LogP contribution is -2.00. The molecule has 0 aliphatic heterocycles. The number of aromatic hydroxyl groups is 1. The number of fused-ring (bicyclic) bond motifs is 1. The Balaban J connectivity index is 1.81. The summed E-state index contributed by atoms with van der Waals surface area (Å²) in [6.07, 6.45) is 3.46. The number of para-hydroxylation sites is 1. The van der Waals surface area contributed by atoms with Gasteiger partial charge in [0.25, 0.3) is 5.91 Å². The zero-order chi connectivity index (χ0) is 15.7. The molecule has 22 heavy (non-hydrogen) atoms. The number of nitrogens with zero attached hydrogens (tertiary/aromatic N) is 1. The minimum absolute atomic E-state index is 0.0949. The number of amides is 1. The smallest absolute Gasteiger partial charge is 0.280 e. The molecule has 5 heteroatoms. The molecule has 0 heterocycles. The molecular formula is C17H13Cl2NO2. The van der Waals surface area contributed by atoms with Gasteiger partial charge >= 0.3 is 0 Å². The van der Waals surface area contributed by atoms with Crippen LogP contribution < -0.4 is 0 Å². The maximum Gasteiger partial charge on any atom is 0.280 e. The van der Waals surface area contributed by atoms with E-state index >= 15 is 0 Å². The van der Waals surface area contributed by atoms with Gasteiger partial charge in [-0.05, 0) is 48.2 Å². The van der Waals surface area contributed by atoms with E-state index in [4.69, 9.17) is 23.2 Å². The summed E-state index contributed by atoms with van der Waals surface area (Å²) in [5.41, 5.74) is 2.45. The lowest BCUT2D eigenvalue weighted by atomic mass is 10.0. The molecule has 1 aliphatic carbocycles. The first-order valence-corrected chi connectivity index (χ1v) is 7.66. The molecule has 112 valence electrons. The first-order valence-electron chi connectivity index (χ1n) is 6.90. The number of phenolic OH excluding ortho intramolecular Hbond substituents is 1. The Hall–Kier alpha value is -1.84. The molecule has 0 spiro atoms. The predicted octanol–water partition coefficient (Wildman–Crippen LogP) is 4.64. The lowest BCUT2D eigenvalue weighted by molar-refractivity contribution is 0.100. The summed E-state index contributed by atoms with van der Waals surface area (Å²) in [6, 6.07) is 10.4. The minimum Gasteiger partial charge on any atom is -0.506 e. The zero-order valence-electron chi connectivity index (χ0n) is 11.6. The molecule has 0 bridgehead atoms. The van der Waals surface area contributed by atoms with E-state index in [0.29, 0.717) is 0 Å². The summed E-state index contributed by atoms with van der Waals surface area (Å²) >= 11 is 11.8. The fourth-order valence-electron chi connectivity index (χ4n) is 2.69. The SMILES string of the molecule is O=C(/N=C\C1CCc2cc(Cl)ccc21)c1cccc(Cl)c1O. The summed E-state index contributed by atoms with van der Waals surface area (Å²) < 4.78 is 0. The molecule has 0 fully saturated rings. The number of carbonyl (C=O) groups excluding carboxylic acids is 1. The van der Waals surface area contributed by atoms with Crippen LogP contribution >= 0.6 is 23.2 Å². The third kappa shape index (κ3) is 2.87. The van der Waals surface area contributed by atoms with Gasteiger partial charge in [0.05, 0.1) is 10.6 Å². The van der Waals surface area contributed by atoms with E-state index in [1.54, 1.807) is 12.3 Å². The summed E-state index contributed by atoms with van der Waals surface area (Å²) in [5, 5.41) is 10.7. The molecule has 1 amide bonds. The molecule has 0 saturated heterocycles. The van der Waals surface area contributed by atoms with Crippen molar-refractivity contribution >= 4 is 35.3 Å². The van der Waals surface area contributed by atoms with Gasteiger partial charge in [-0.3, -0.25) is 4.79 Å². The molecule has 0 aromatic heterocycles. The highest BCUT2D eigenvalue weighted by molar-refractivity contribution is 6.32. The van der Waals surface area contributed by atoms with Crippen molar-refractivity contribution in [3.63, 3.8) is 0 Å². The van der Waals surface area contributed by atoms with Crippen molar-refractivity contribution in [1.29, 1.82) is 0 Å². The molecule has 1 unspecified atom stereocenters. The van der Waals surface area contributed by atoms with Crippen molar-refractivity contribution in [3.8, 4) is 5.75 Å². The average molecular weight is 334 g/mol. The fourth-order valence-corrected chi connectivity index (χ4v) is 3.06. The number of hydrogen-bond acceptors (Lipinski definition) is 2. The maximum atomic E-state index is 12.1. The Labute approximate surface area is 138 Å². The number of halogens is 2. The van der Waals surface area contributed by atoms with Gasteiger partial charge in [-0.25, -0.2) is 4.99 Å². The van der Waals surface area contributed by atoms with Crippen LogP contribution in [0.25, 0.3) is 0 Å². The van der Waals surface area contributed by atoms with Gasteiger partial charge in [-0.15, -0.1) is 0 Å². The van der Waals surface area contributed by atoms with Crippen molar-refractivity contribution < 1.29 is 9.90 Å². The van der Waals surface area contributed by atoms with Crippen LogP contribution in [0.4, 0.5) is 0 Å². The standard InChI is InChI=1S/C17H13Cl2NO2/c18-12-6-7-13-10(8-12)4-5-11(13)9-20-17(22)14-2-1-3-15(19)16(14)21/h1-3,6-9,11,21H,4-5H2/b20-9-. The van der Waals surface area contributed by atoms with Crippen LogP contribution in [0.3, 0.4) is 0 Å². The fraction of sp³-hybridized carbons (Fsp3) is 0.176. The van der Waals surface area contributed by atoms with Gasteiger partial charge in [0, 0.05) is 17.2 Å². The predicted molar refractivity (Wildman–Crippen MR) is 88.5 cm³/mol. The topological polar surface area (TPSA) is 49.7 Å². The normalized spacial score (nSPS) is 16.9. The van der Waals surface area contributed by atoms with Crippen LogP contribution in [0.5, 0.6) is 5.75 Å². The Kier molecular flexibility index (Phi) is 4.19. The molecule has 0 saturated carbocycles. The minimum atomic E-state index is -0.498. The van der Waals surface area contributed by atoms with Gasteiger partial charge in [-0.2, -0.15) is 0 Å². The number of phenols is 1. The monoisotopic (exact) mass is 333 g/mol. The van der Waals surface area contributed by atoms with Crippen LogP contribution in [-0.2, 0) is 6.42 Å². The van der Waals surface area contributed by atoms with E-state index < -0.39 is 5.91 Å². The molecule has 1 N–H and O–H groups in total. The number of aliphatic imine (C=N–C) groups is 1. The van der Waals surface area contributed by atoms with Crippen molar-refractivity contribution in [1.82, 2.24) is 0 Å². The number of hydrogen-bond donors (Lipinski definition) is 1. The molecule has 3 nitrogen and oxygen atoms in total.